The smallest absolute Gasteiger partial charge is 0.290 e. The molecule has 1 heterocycles. The van der Waals surface area contributed by atoms with E-state index in [1.165, 1.54) is 11.0 Å². The molecule has 5 heteroatoms. The molecular weight excluding hydrogens is 309 g/mol. The number of amides is 1. The predicted molar refractivity (Wildman–Crippen MR) is 89.1 cm³/mol. The van der Waals surface area contributed by atoms with Crippen LogP contribution in [-0.2, 0) is 17.9 Å². The summed E-state index contributed by atoms with van der Waals surface area (Å²) in [5.41, 5.74) is 1.79. The summed E-state index contributed by atoms with van der Waals surface area (Å²) in [5, 5.41) is 0.849. The highest BCUT2D eigenvalue weighted by atomic mass is 19.1. The van der Waals surface area contributed by atoms with Gasteiger partial charge in [-0.3, -0.25) is 4.79 Å². The molecular formula is C19H18FNO3. The van der Waals surface area contributed by atoms with Gasteiger partial charge >= 0.3 is 0 Å². The van der Waals surface area contributed by atoms with E-state index < -0.39 is 0 Å². The SMILES string of the molecule is COCc1c(C(=O)N(C)Cc2ccccc2F)oc2ccccc12. The van der Waals surface area contributed by atoms with Crippen molar-refractivity contribution in [2.75, 3.05) is 14.2 Å². The Bertz CT molecular complexity index is 872. The van der Waals surface area contributed by atoms with Gasteiger partial charge in [-0.25, -0.2) is 4.39 Å². The highest BCUT2D eigenvalue weighted by molar-refractivity contribution is 5.98. The van der Waals surface area contributed by atoms with Crippen LogP contribution >= 0.6 is 0 Å². The van der Waals surface area contributed by atoms with E-state index in [2.05, 4.69) is 0 Å². The Balaban J connectivity index is 1.93. The zero-order valence-corrected chi connectivity index (χ0v) is 13.6. The number of carbonyl (C=O) groups excluding carboxylic acids is 1. The van der Waals surface area contributed by atoms with Crippen LogP contribution in [0.1, 0.15) is 21.7 Å². The van der Waals surface area contributed by atoms with E-state index in [9.17, 15) is 9.18 Å². The van der Waals surface area contributed by atoms with Crippen molar-refractivity contribution in [3.8, 4) is 0 Å². The standard InChI is InChI=1S/C19H18FNO3/c1-21(11-13-7-3-5-9-16(13)20)19(22)18-15(12-23-2)14-8-4-6-10-17(14)24-18/h3-10H,11-12H2,1-2H3. The third-order valence-electron chi connectivity index (χ3n) is 3.89. The Morgan fingerprint density at radius 3 is 2.62 bits per heavy atom. The molecule has 0 aliphatic rings. The summed E-state index contributed by atoms with van der Waals surface area (Å²) in [6, 6.07) is 13.8. The van der Waals surface area contributed by atoms with Gasteiger partial charge in [0.05, 0.1) is 6.61 Å². The zero-order chi connectivity index (χ0) is 17.1. The van der Waals surface area contributed by atoms with Gasteiger partial charge in [0.2, 0.25) is 0 Å². The van der Waals surface area contributed by atoms with E-state index in [1.54, 1.807) is 32.4 Å². The minimum atomic E-state index is -0.334. The lowest BCUT2D eigenvalue weighted by Gasteiger charge is -2.17. The summed E-state index contributed by atoms with van der Waals surface area (Å²) >= 11 is 0. The summed E-state index contributed by atoms with van der Waals surface area (Å²) in [4.78, 5) is 14.2. The van der Waals surface area contributed by atoms with Crippen LogP contribution in [0.4, 0.5) is 4.39 Å². The molecule has 0 saturated carbocycles. The van der Waals surface area contributed by atoms with Crippen molar-refractivity contribution < 1.29 is 18.3 Å². The van der Waals surface area contributed by atoms with Gasteiger partial charge in [-0.15, -0.1) is 0 Å². The molecule has 0 saturated heterocycles. The van der Waals surface area contributed by atoms with E-state index in [1.807, 2.05) is 24.3 Å². The summed E-state index contributed by atoms with van der Waals surface area (Å²) in [7, 11) is 3.19. The van der Waals surface area contributed by atoms with Gasteiger partial charge in [0, 0.05) is 37.2 Å². The molecule has 3 aromatic rings. The van der Waals surface area contributed by atoms with Gasteiger partial charge in [0.15, 0.2) is 5.76 Å². The number of hydrogen-bond acceptors (Lipinski definition) is 3. The molecule has 24 heavy (non-hydrogen) atoms. The highest BCUT2D eigenvalue weighted by Crippen LogP contribution is 2.27. The topological polar surface area (TPSA) is 42.7 Å². The first-order chi connectivity index (χ1) is 11.6. The maximum Gasteiger partial charge on any atom is 0.290 e. The zero-order valence-electron chi connectivity index (χ0n) is 13.6. The minimum absolute atomic E-state index is 0.162. The average molecular weight is 327 g/mol. The second kappa shape index (κ2) is 6.84. The van der Waals surface area contributed by atoms with E-state index in [4.69, 9.17) is 9.15 Å². The summed E-state index contributed by atoms with van der Waals surface area (Å²) in [6.45, 7) is 0.431. The number of nitrogens with zero attached hydrogens (tertiary/aromatic N) is 1. The molecule has 0 aliphatic carbocycles. The Hall–Kier alpha value is -2.66. The molecule has 0 atom stereocenters. The van der Waals surface area contributed by atoms with Crippen LogP contribution in [0.25, 0.3) is 11.0 Å². The normalized spacial score (nSPS) is 11.0. The first-order valence-electron chi connectivity index (χ1n) is 7.60. The van der Waals surface area contributed by atoms with Gasteiger partial charge in [-0.2, -0.15) is 0 Å². The van der Waals surface area contributed by atoms with Gasteiger partial charge in [-0.1, -0.05) is 36.4 Å². The Labute approximate surface area is 139 Å². The Kier molecular flexibility index (Phi) is 4.62. The highest BCUT2D eigenvalue weighted by Gasteiger charge is 2.23. The number of benzene rings is 2. The van der Waals surface area contributed by atoms with Crippen molar-refractivity contribution in [1.29, 1.82) is 0 Å². The van der Waals surface area contributed by atoms with Gasteiger partial charge in [0.25, 0.3) is 5.91 Å². The maximum atomic E-state index is 13.8. The fourth-order valence-corrected chi connectivity index (χ4v) is 2.69. The second-order valence-electron chi connectivity index (χ2n) is 5.59. The fraction of sp³-hybridized carbons (Fsp3) is 0.211. The van der Waals surface area contributed by atoms with Crippen molar-refractivity contribution >= 4 is 16.9 Å². The van der Waals surface area contributed by atoms with Gasteiger partial charge < -0.3 is 14.1 Å². The van der Waals surface area contributed by atoms with Crippen molar-refractivity contribution in [3.63, 3.8) is 0 Å². The molecule has 1 aromatic heterocycles. The average Bonchev–Trinajstić information content (AvgIpc) is 2.95. The quantitative estimate of drug-likeness (QED) is 0.711. The van der Waals surface area contributed by atoms with Crippen LogP contribution < -0.4 is 0 Å². The second-order valence-corrected chi connectivity index (χ2v) is 5.59. The van der Waals surface area contributed by atoms with E-state index in [0.717, 1.165) is 5.39 Å². The lowest BCUT2D eigenvalue weighted by atomic mass is 10.1. The number of rotatable bonds is 5. The number of fused-ring (bicyclic) bond motifs is 1. The molecule has 0 unspecified atom stereocenters. The van der Waals surface area contributed by atoms with Crippen molar-refractivity contribution in [2.24, 2.45) is 0 Å². The van der Waals surface area contributed by atoms with Crippen LogP contribution in [0, 0.1) is 5.82 Å². The summed E-state index contributed by atoms with van der Waals surface area (Å²) in [5.74, 6) is -0.405. The monoisotopic (exact) mass is 327 g/mol. The lowest BCUT2D eigenvalue weighted by Crippen LogP contribution is -2.27. The molecule has 0 radical (unpaired) electrons. The molecule has 0 spiro atoms. The van der Waals surface area contributed by atoms with Crippen molar-refractivity contribution in [2.45, 2.75) is 13.2 Å². The molecule has 0 bridgehead atoms. The number of carbonyl (C=O) groups is 1. The summed E-state index contributed by atoms with van der Waals surface area (Å²) in [6.07, 6.45) is 0. The number of para-hydroxylation sites is 1. The molecule has 1 amide bonds. The largest absolute Gasteiger partial charge is 0.451 e. The van der Waals surface area contributed by atoms with Crippen LogP contribution in [0.5, 0.6) is 0 Å². The Morgan fingerprint density at radius 1 is 1.17 bits per heavy atom. The predicted octanol–water partition coefficient (Wildman–Crippen LogP) is 3.99. The molecule has 0 N–H and O–H groups in total. The molecule has 2 aromatic carbocycles. The third-order valence-corrected chi connectivity index (χ3v) is 3.89. The minimum Gasteiger partial charge on any atom is -0.451 e. The van der Waals surface area contributed by atoms with Gasteiger partial charge in [-0.05, 0) is 12.1 Å². The summed E-state index contributed by atoms with van der Waals surface area (Å²) < 4.78 is 24.8. The van der Waals surface area contributed by atoms with E-state index >= 15 is 0 Å². The van der Waals surface area contributed by atoms with Crippen LogP contribution in [-0.4, -0.2) is 25.0 Å². The number of halogens is 1. The number of hydrogen-bond donors (Lipinski definition) is 0. The van der Waals surface area contributed by atoms with Crippen molar-refractivity contribution in [1.82, 2.24) is 4.90 Å². The molecule has 124 valence electrons. The van der Waals surface area contributed by atoms with Gasteiger partial charge in [0.1, 0.15) is 11.4 Å². The number of methoxy groups -OCH3 is 1. The fourth-order valence-electron chi connectivity index (χ4n) is 2.69. The maximum absolute atomic E-state index is 13.8. The van der Waals surface area contributed by atoms with Crippen LogP contribution in [0.3, 0.4) is 0 Å². The van der Waals surface area contributed by atoms with E-state index in [-0.39, 0.29) is 30.6 Å². The van der Waals surface area contributed by atoms with Crippen LogP contribution in [0.2, 0.25) is 0 Å². The van der Waals surface area contributed by atoms with Crippen molar-refractivity contribution in [3.05, 3.63) is 71.2 Å². The first-order valence-corrected chi connectivity index (χ1v) is 7.60. The Morgan fingerprint density at radius 2 is 1.88 bits per heavy atom. The third kappa shape index (κ3) is 3.03. The lowest BCUT2D eigenvalue weighted by molar-refractivity contribution is 0.0748. The van der Waals surface area contributed by atoms with Crippen LogP contribution in [0.15, 0.2) is 52.9 Å². The molecule has 3 rings (SSSR count). The first kappa shape index (κ1) is 16.2. The molecule has 4 nitrogen and oxygen atoms in total. The molecule has 0 aliphatic heterocycles. The number of furan rings is 1. The van der Waals surface area contributed by atoms with E-state index in [0.29, 0.717) is 16.7 Å². The molecule has 0 fully saturated rings. The number of ether oxygens (including phenoxy) is 1.